The van der Waals surface area contributed by atoms with Gasteiger partial charge in [0, 0.05) is 9.86 Å². The van der Waals surface area contributed by atoms with E-state index in [1.54, 1.807) is 31.2 Å². The van der Waals surface area contributed by atoms with Crippen molar-refractivity contribution < 1.29 is 12.8 Å². The van der Waals surface area contributed by atoms with E-state index in [1.807, 2.05) is 26.0 Å². The SMILES string of the molecule is Cc1cccc(S(=O)(=O)c2c(C)oc3c(C)cc(Br)cc23)c1. The van der Waals surface area contributed by atoms with E-state index in [2.05, 4.69) is 15.9 Å². The molecule has 0 fully saturated rings. The molecule has 0 radical (unpaired) electrons. The first-order valence-electron chi connectivity index (χ1n) is 6.81. The summed E-state index contributed by atoms with van der Waals surface area (Å²) in [5.74, 6) is 0.415. The highest BCUT2D eigenvalue weighted by Crippen LogP contribution is 2.36. The highest BCUT2D eigenvalue weighted by molar-refractivity contribution is 9.10. The number of hydrogen-bond acceptors (Lipinski definition) is 3. The van der Waals surface area contributed by atoms with Crippen LogP contribution in [0.1, 0.15) is 16.9 Å². The average Bonchev–Trinajstić information content (AvgIpc) is 2.76. The molecule has 2 aromatic carbocycles. The molecule has 0 bridgehead atoms. The number of benzene rings is 2. The van der Waals surface area contributed by atoms with Gasteiger partial charge in [0.05, 0.1) is 4.90 Å². The van der Waals surface area contributed by atoms with Crippen LogP contribution in [0.15, 0.2) is 55.1 Å². The fraction of sp³-hybridized carbons (Fsp3) is 0.176. The lowest BCUT2D eigenvalue weighted by Gasteiger charge is -2.05. The Morgan fingerprint density at radius 3 is 2.45 bits per heavy atom. The zero-order valence-electron chi connectivity index (χ0n) is 12.5. The Labute approximate surface area is 138 Å². The lowest BCUT2D eigenvalue weighted by atomic mass is 10.2. The zero-order chi connectivity index (χ0) is 16.1. The maximum Gasteiger partial charge on any atom is 0.210 e. The molecule has 1 aromatic heterocycles. The molecule has 0 saturated carbocycles. The summed E-state index contributed by atoms with van der Waals surface area (Å²) in [6.07, 6.45) is 0. The molecule has 0 spiro atoms. The van der Waals surface area contributed by atoms with Gasteiger partial charge in [0.1, 0.15) is 16.2 Å². The van der Waals surface area contributed by atoms with Gasteiger partial charge in [-0.05, 0) is 56.2 Å². The molecule has 0 aliphatic rings. The average molecular weight is 379 g/mol. The second-order valence-electron chi connectivity index (χ2n) is 5.41. The third kappa shape index (κ3) is 2.38. The van der Waals surface area contributed by atoms with E-state index in [0.717, 1.165) is 15.6 Å². The predicted octanol–water partition coefficient (Wildman–Crippen LogP) is 4.95. The largest absolute Gasteiger partial charge is 0.460 e. The maximum absolute atomic E-state index is 13.0. The Morgan fingerprint density at radius 2 is 1.77 bits per heavy atom. The molecular weight excluding hydrogens is 364 g/mol. The molecule has 3 rings (SSSR count). The molecule has 1 heterocycles. The summed E-state index contributed by atoms with van der Waals surface area (Å²) >= 11 is 3.42. The highest BCUT2D eigenvalue weighted by atomic mass is 79.9. The maximum atomic E-state index is 13.0. The minimum atomic E-state index is -3.62. The summed E-state index contributed by atoms with van der Waals surface area (Å²) in [6.45, 7) is 5.47. The van der Waals surface area contributed by atoms with Crippen molar-refractivity contribution >= 4 is 36.7 Å². The van der Waals surface area contributed by atoms with Gasteiger partial charge in [-0.25, -0.2) is 8.42 Å². The van der Waals surface area contributed by atoms with Crippen LogP contribution in [0.4, 0.5) is 0 Å². The molecule has 0 unspecified atom stereocenters. The molecular formula is C17H15BrO3S. The van der Waals surface area contributed by atoms with Crippen LogP contribution < -0.4 is 0 Å². The van der Waals surface area contributed by atoms with E-state index in [1.165, 1.54) is 0 Å². The lowest BCUT2D eigenvalue weighted by molar-refractivity contribution is 0.556. The van der Waals surface area contributed by atoms with Crippen molar-refractivity contribution in [2.75, 3.05) is 0 Å². The van der Waals surface area contributed by atoms with Gasteiger partial charge in [0.25, 0.3) is 0 Å². The van der Waals surface area contributed by atoms with E-state index in [0.29, 0.717) is 16.7 Å². The molecule has 0 saturated heterocycles. The van der Waals surface area contributed by atoms with Crippen molar-refractivity contribution in [1.29, 1.82) is 0 Å². The molecule has 0 N–H and O–H groups in total. The molecule has 114 valence electrons. The minimum absolute atomic E-state index is 0.248. The predicted molar refractivity (Wildman–Crippen MR) is 90.0 cm³/mol. The molecule has 0 amide bonds. The summed E-state index contributed by atoms with van der Waals surface area (Å²) < 4.78 is 32.6. The van der Waals surface area contributed by atoms with Gasteiger partial charge in [-0.15, -0.1) is 0 Å². The molecule has 5 heteroatoms. The molecule has 0 aliphatic heterocycles. The van der Waals surface area contributed by atoms with Crippen LogP contribution in [-0.2, 0) is 9.84 Å². The fourth-order valence-electron chi connectivity index (χ4n) is 2.66. The number of halogens is 1. The van der Waals surface area contributed by atoms with Gasteiger partial charge in [-0.2, -0.15) is 0 Å². The number of aryl methyl sites for hydroxylation is 3. The summed E-state index contributed by atoms with van der Waals surface area (Å²) in [5.41, 5.74) is 2.42. The second kappa shape index (κ2) is 5.25. The first-order chi connectivity index (χ1) is 10.3. The Kier molecular flexibility index (Phi) is 3.65. The number of sulfone groups is 1. The first kappa shape index (κ1) is 15.3. The van der Waals surface area contributed by atoms with Crippen LogP contribution in [0.2, 0.25) is 0 Å². The minimum Gasteiger partial charge on any atom is -0.460 e. The zero-order valence-corrected chi connectivity index (χ0v) is 14.9. The van der Waals surface area contributed by atoms with Crippen molar-refractivity contribution in [3.05, 3.63) is 57.8 Å². The van der Waals surface area contributed by atoms with Gasteiger partial charge in [0.2, 0.25) is 9.84 Å². The third-order valence-electron chi connectivity index (χ3n) is 3.63. The highest BCUT2D eigenvalue weighted by Gasteiger charge is 2.27. The van der Waals surface area contributed by atoms with E-state index in [4.69, 9.17) is 4.42 Å². The Bertz CT molecular complexity index is 985. The van der Waals surface area contributed by atoms with Crippen molar-refractivity contribution in [1.82, 2.24) is 0 Å². The second-order valence-corrected chi connectivity index (χ2v) is 8.21. The van der Waals surface area contributed by atoms with Crippen LogP contribution in [0.25, 0.3) is 11.0 Å². The summed E-state index contributed by atoms with van der Waals surface area (Å²) in [7, 11) is -3.62. The van der Waals surface area contributed by atoms with Gasteiger partial charge in [-0.1, -0.05) is 28.1 Å². The van der Waals surface area contributed by atoms with Gasteiger partial charge in [0.15, 0.2) is 0 Å². The summed E-state index contributed by atoms with van der Waals surface area (Å²) in [6, 6.07) is 10.6. The molecule has 3 aromatic rings. The Balaban J connectivity index is 2.37. The van der Waals surface area contributed by atoms with Gasteiger partial charge >= 0.3 is 0 Å². The molecule has 22 heavy (non-hydrogen) atoms. The number of furan rings is 1. The third-order valence-corrected chi connectivity index (χ3v) is 6.00. The Hall–Kier alpha value is -1.59. The lowest BCUT2D eigenvalue weighted by Crippen LogP contribution is -2.03. The van der Waals surface area contributed by atoms with E-state index >= 15 is 0 Å². The quantitative estimate of drug-likeness (QED) is 0.633. The van der Waals surface area contributed by atoms with Crippen LogP contribution in [0.5, 0.6) is 0 Å². The number of hydrogen-bond donors (Lipinski definition) is 0. The summed E-state index contributed by atoms with van der Waals surface area (Å²) in [4.78, 5) is 0.536. The summed E-state index contributed by atoms with van der Waals surface area (Å²) in [5, 5.41) is 0.617. The monoisotopic (exact) mass is 378 g/mol. The topological polar surface area (TPSA) is 47.3 Å². The Morgan fingerprint density at radius 1 is 1.05 bits per heavy atom. The van der Waals surface area contributed by atoms with Crippen molar-refractivity contribution in [2.24, 2.45) is 0 Å². The van der Waals surface area contributed by atoms with E-state index in [9.17, 15) is 8.42 Å². The van der Waals surface area contributed by atoms with Crippen molar-refractivity contribution in [3.8, 4) is 0 Å². The van der Waals surface area contributed by atoms with E-state index < -0.39 is 9.84 Å². The molecule has 3 nitrogen and oxygen atoms in total. The van der Waals surface area contributed by atoms with E-state index in [-0.39, 0.29) is 9.79 Å². The van der Waals surface area contributed by atoms with Crippen LogP contribution in [0, 0.1) is 20.8 Å². The number of fused-ring (bicyclic) bond motifs is 1. The molecule has 0 aliphatic carbocycles. The van der Waals surface area contributed by atoms with Crippen LogP contribution in [0.3, 0.4) is 0 Å². The van der Waals surface area contributed by atoms with Crippen molar-refractivity contribution in [3.63, 3.8) is 0 Å². The van der Waals surface area contributed by atoms with Gasteiger partial charge < -0.3 is 4.42 Å². The van der Waals surface area contributed by atoms with Crippen molar-refractivity contribution in [2.45, 2.75) is 30.6 Å². The normalized spacial score (nSPS) is 12.0. The number of rotatable bonds is 2. The van der Waals surface area contributed by atoms with Crippen LogP contribution in [-0.4, -0.2) is 8.42 Å². The standard InChI is InChI=1S/C17H15BrO3S/c1-10-5-4-6-14(7-10)22(19,20)17-12(3)21-16-11(2)8-13(18)9-15(16)17/h4-9H,1-3H3. The smallest absolute Gasteiger partial charge is 0.210 e. The first-order valence-corrected chi connectivity index (χ1v) is 9.09. The van der Waals surface area contributed by atoms with Gasteiger partial charge in [-0.3, -0.25) is 0 Å². The molecule has 0 atom stereocenters. The fourth-order valence-corrected chi connectivity index (χ4v) is 4.93. The van der Waals surface area contributed by atoms with Crippen LogP contribution >= 0.6 is 15.9 Å².